The minimum absolute atomic E-state index is 0.144. The first-order valence-corrected chi connectivity index (χ1v) is 8.12. The van der Waals surface area contributed by atoms with Gasteiger partial charge in [-0.25, -0.2) is 5.43 Å². The Balaban J connectivity index is 1.44. The highest BCUT2D eigenvalue weighted by molar-refractivity contribution is 5.86. The first kappa shape index (κ1) is 14.3. The zero-order valence-electron chi connectivity index (χ0n) is 12.7. The number of hydrazone groups is 1. The molecule has 0 bridgehead atoms. The smallest absolute Gasteiger partial charge is 0.243 e. The van der Waals surface area contributed by atoms with Crippen LogP contribution in [0.25, 0.3) is 0 Å². The van der Waals surface area contributed by atoms with Crippen LogP contribution >= 0.6 is 0 Å². The highest BCUT2D eigenvalue weighted by atomic mass is 16.2. The highest BCUT2D eigenvalue weighted by Crippen LogP contribution is 2.55. The molecule has 2 fully saturated rings. The van der Waals surface area contributed by atoms with Crippen LogP contribution in [0.4, 0.5) is 0 Å². The fourth-order valence-electron chi connectivity index (χ4n) is 3.63. The van der Waals surface area contributed by atoms with Gasteiger partial charge in [-0.05, 0) is 50.0 Å². The zero-order chi connectivity index (χ0) is 14.7. The maximum absolute atomic E-state index is 12.1. The van der Waals surface area contributed by atoms with Crippen molar-refractivity contribution in [3.8, 4) is 0 Å². The predicted molar refractivity (Wildman–Crippen MR) is 85.0 cm³/mol. The third kappa shape index (κ3) is 3.52. The second kappa shape index (κ2) is 6.42. The number of nitrogens with one attached hydrogen (secondary N) is 1. The lowest BCUT2D eigenvalue weighted by molar-refractivity contribution is -0.122. The van der Waals surface area contributed by atoms with E-state index in [0.717, 1.165) is 18.6 Å². The minimum atomic E-state index is 0.144. The summed E-state index contributed by atoms with van der Waals surface area (Å²) in [6.45, 7) is 1.99. The molecule has 1 aromatic carbocycles. The van der Waals surface area contributed by atoms with Crippen LogP contribution in [0.2, 0.25) is 0 Å². The van der Waals surface area contributed by atoms with Crippen LogP contribution in [0.15, 0.2) is 35.4 Å². The van der Waals surface area contributed by atoms with E-state index in [1.54, 1.807) is 0 Å². The van der Waals surface area contributed by atoms with E-state index in [2.05, 4.69) is 34.8 Å². The molecule has 112 valence electrons. The van der Waals surface area contributed by atoms with Crippen molar-refractivity contribution >= 4 is 11.6 Å². The van der Waals surface area contributed by atoms with E-state index in [9.17, 15) is 4.79 Å². The lowest BCUT2D eigenvalue weighted by atomic mass is 10.0. The molecule has 2 aliphatic carbocycles. The molecular weight excluding hydrogens is 260 g/mol. The normalized spacial score (nSPS) is 27.9. The molecule has 0 aromatic heterocycles. The number of carbonyl (C=O) groups is 1. The van der Waals surface area contributed by atoms with Crippen molar-refractivity contribution in [3.63, 3.8) is 0 Å². The molecule has 0 spiro atoms. The number of fused-ring (bicyclic) bond motifs is 1. The quantitative estimate of drug-likeness (QED) is 0.652. The molecule has 21 heavy (non-hydrogen) atoms. The molecule has 1 amide bonds. The van der Waals surface area contributed by atoms with Crippen molar-refractivity contribution < 1.29 is 4.79 Å². The molecule has 2 atom stereocenters. The van der Waals surface area contributed by atoms with Gasteiger partial charge in [0.2, 0.25) is 5.91 Å². The van der Waals surface area contributed by atoms with E-state index in [1.807, 2.05) is 13.0 Å². The van der Waals surface area contributed by atoms with Gasteiger partial charge >= 0.3 is 0 Å². The average molecular weight is 284 g/mol. The van der Waals surface area contributed by atoms with Gasteiger partial charge in [0.15, 0.2) is 0 Å². The van der Waals surface area contributed by atoms with E-state index in [-0.39, 0.29) is 11.8 Å². The summed E-state index contributed by atoms with van der Waals surface area (Å²) in [6, 6.07) is 10.4. The molecular formula is C18H24N2O. The van der Waals surface area contributed by atoms with Gasteiger partial charge in [0.25, 0.3) is 0 Å². The zero-order valence-corrected chi connectivity index (χ0v) is 12.7. The number of aryl methyl sites for hydroxylation is 1. The molecule has 3 rings (SSSR count). The van der Waals surface area contributed by atoms with Gasteiger partial charge in [0, 0.05) is 11.6 Å². The Labute approximate surface area is 126 Å². The number of rotatable bonds is 5. The molecule has 1 aromatic rings. The van der Waals surface area contributed by atoms with Crippen molar-refractivity contribution in [2.24, 2.45) is 22.9 Å². The van der Waals surface area contributed by atoms with E-state index in [0.29, 0.717) is 11.8 Å². The first-order chi connectivity index (χ1) is 10.3. The SMILES string of the molecule is CC(CCc1ccccc1)=NNC(=O)C1C2CCCCC21. The monoisotopic (exact) mass is 284 g/mol. The van der Waals surface area contributed by atoms with Crippen LogP contribution in [0, 0.1) is 17.8 Å². The predicted octanol–water partition coefficient (Wildman–Crippen LogP) is 3.55. The molecule has 0 saturated heterocycles. The third-order valence-electron chi connectivity index (χ3n) is 4.93. The molecule has 2 saturated carbocycles. The highest BCUT2D eigenvalue weighted by Gasteiger charge is 2.54. The van der Waals surface area contributed by atoms with Crippen LogP contribution in [-0.2, 0) is 11.2 Å². The van der Waals surface area contributed by atoms with Gasteiger partial charge in [-0.2, -0.15) is 5.10 Å². The number of amides is 1. The molecule has 3 nitrogen and oxygen atoms in total. The fourth-order valence-corrected chi connectivity index (χ4v) is 3.63. The van der Waals surface area contributed by atoms with Crippen LogP contribution in [0.5, 0.6) is 0 Å². The molecule has 0 aliphatic heterocycles. The molecule has 0 heterocycles. The topological polar surface area (TPSA) is 41.5 Å². The Kier molecular flexibility index (Phi) is 4.37. The summed E-state index contributed by atoms with van der Waals surface area (Å²) in [5.41, 5.74) is 5.09. The Hall–Kier alpha value is -1.64. The number of hydrogen-bond acceptors (Lipinski definition) is 2. The van der Waals surface area contributed by atoms with Gasteiger partial charge in [-0.3, -0.25) is 4.79 Å². The molecule has 2 aliphatic rings. The summed E-state index contributed by atoms with van der Waals surface area (Å²) in [5.74, 6) is 1.70. The van der Waals surface area contributed by atoms with Gasteiger partial charge in [-0.15, -0.1) is 0 Å². The standard InChI is InChI=1S/C18H24N2O/c1-13(11-12-14-7-3-2-4-8-14)19-20-18(21)17-15-9-5-6-10-16(15)17/h2-4,7-8,15-17H,5-6,9-12H2,1H3,(H,20,21). The maximum atomic E-state index is 12.1. The molecule has 3 heteroatoms. The second-order valence-electron chi connectivity index (χ2n) is 6.45. The van der Waals surface area contributed by atoms with Crippen molar-refractivity contribution in [2.45, 2.75) is 45.4 Å². The van der Waals surface area contributed by atoms with Gasteiger partial charge in [0.1, 0.15) is 0 Å². The number of hydrogen-bond donors (Lipinski definition) is 1. The summed E-state index contributed by atoms with van der Waals surface area (Å²) < 4.78 is 0. The Morgan fingerprint density at radius 1 is 1.19 bits per heavy atom. The third-order valence-corrected chi connectivity index (χ3v) is 4.93. The lowest BCUT2D eigenvalue weighted by Gasteiger charge is -2.04. The fraction of sp³-hybridized carbons (Fsp3) is 0.556. The molecule has 0 radical (unpaired) electrons. The maximum Gasteiger partial charge on any atom is 0.243 e. The Morgan fingerprint density at radius 3 is 2.52 bits per heavy atom. The van der Waals surface area contributed by atoms with Crippen molar-refractivity contribution in [2.75, 3.05) is 0 Å². The summed E-state index contributed by atoms with van der Waals surface area (Å²) >= 11 is 0. The van der Waals surface area contributed by atoms with E-state index < -0.39 is 0 Å². The van der Waals surface area contributed by atoms with Gasteiger partial charge < -0.3 is 0 Å². The van der Waals surface area contributed by atoms with E-state index >= 15 is 0 Å². The minimum Gasteiger partial charge on any atom is -0.273 e. The van der Waals surface area contributed by atoms with Crippen molar-refractivity contribution in [1.29, 1.82) is 0 Å². The van der Waals surface area contributed by atoms with Crippen LogP contribution in [0.3, 0.4) is 0 Å². The van der Waals surface area contributed by atoms with Gasteiger partial charge in [0.05, 0.1) is 0 Å². The number of benzene rings is 1. The van der Waals surface area contributed by atoms with Crippen LogP contribution in [0.1, 0.15) is 44.6 Å². The summed E-state index contributed by atoms with van der Waals surface area (Å²) in [5, 5.41) is 4.28. The number of carbonyl (C=O) groups excluding carboxylic acids is 1. The average Bonchev–Trinajstić information content (AvgIpc) is 3.26. The molecule has 2 unspecified atom stereocenters. The summed E-state index contributed by atoms with van der Waals surface area (Å²) in [6.07, 6.45) is 6.93. The summed E-state index contributed by atoms with van der Waals surface area (Å²) in [7, 11) is 0. The van der Waals surface area contributed by atoms with Crippen LogP contribution in [-0.4, -0.2) is 11.6 Å². The van der Waals surface area contributed by atoms with E-state index in [1.165, 1.54) is 31.2 Å². The van der Waals surface area contributed by atoms with Crippen molar-refractivity contribution in [3.05, 3.63) is 35.9 Å². The van der Waals surface area contributed by atoms with Crippen LogP contribution < -0.4 is 5.43 Å². The van der Waals surface area contributed by atoms with Gasteiger partial charge in [-0.1, -0.05) is 43.2 Å². The summed E-state index contributed by atoms with van der Waals surface area (Å²) in [4.78, 5) is 12.1. The largest absolute Gasteiger partial charge is 0.273 e. The Bertz CT molecular complexity index is 511. The van der Waals surface area contributed by atoms with Crippen molar-refractivity contribution in [1.82, 2.24) is 5.43 Å². The Morgan fingerprint density at radius 2 is 1.86 bits per heavy atom. The number of nitrogens with zero attached hydrogens (tertiary/aromatic N) is 1. The van der Waals surface area contributed by atoms with E-state index in [4.69, 9.17) is 0 Å². The molecule has 1 N–H and O–H groups in total. The second-order valence-corrected chi connectivity index (χ2v) is 6.45. The lowest BCUT2D eigenvalue weighted by Crippen LogP contribution is -2.22. The first-order valence-electron chi connectivity index (χ1n) is 8.12.